The molecule has 1 aromatic rings. The number of ether oxygens (including phenoxy) is 1. The van der Waals surface area contributed by atoms with Crippen LogP contribution in [0.5, 0.6) is 5.75 Å². The Labute approximate surface area is 164 Å². The number of sulfonamides is 2. The van der Waals surface area contributed by atoms with Crippen molar-refractivity contribution in [3.8, 4) is 5.75 Å². The summed E-state index contributed by atoms with van der Waals surface area (Å²) in [5.74, 6) is -1.43. The van der Waals surface area contributed by atoms with Crippen LogP contribution in [-0.2, 0) is 34.7 Å². The molecule has 0 unspecified atom stereocenters. The summed E-state index contributed by atoms with van der Waals surface area (Å²) in [5.41, 5.74) is -0.102. The molecule has 1 aromatic carbocycles. The van der Waals surface area contributed by atoms with Gasteiger partial charge in [-0.3, -0.25) is 4.79 Å². The maximum atomic E-state index is 13.1. The molecule has 1 amide bonds. The number of benzene rings is 1. The third kappa shape index (κ3) is 3.63. The number of anilines is 1. The molecular formula is C15H20N2O8S3. The topological polar surface area (TPSA) is 135 Å². The summed E-state index contributed by atoms with van der Waals surface area (Å²) in [6.45, 7) is 0. The summed E-state index contributed by atoms with van der Waals surface area (Å²) in [5, 5.41) is 0. The van der Waals surface area contributed by atoms with Crippen LogP contribution in [0.4, 0.5) is 5.69 Å². The Morgan fingerprint density at radius 1 is 1.18 bits per heavy atom. The fraction of sp³-hybridized carbons (Fsp3) is 0.533. The van der Waals surface area contributed by atoms with Crippen molar-refractivity contribution < 1.29 is 34.8 Å². The zero-order chi connectivity index (χ0) is 20.9. The molecule has 156 valence electrons. The second kappa shape index (κ2) is 6.97. The highest BCUT2D eigenvalue weighted by atomic mass is 32.2. The van der Waals surface area contributed by atoms with Gasteiger partial charge in [-0.15, -0.1) is 0 Å². The molecule has 2 saturated heterocycles. The number of sulfone groups is 1. The number of rotatable bonds is 5. The van der Waals surface area contributed by atoms with E-state index in [0.29, 0.717) is 4.31 Å². The van der Waals surface area contributed by atoms with Crippen molar-refractivity contribution in [2.45, 2.75) is 23.8 Å². The van der Waals surface area contributed by atoms with Gasteiger partial charge in [0.2, 0.25) is 26.0 Å². The van der Waals surface area contributed by atoms with Gasteiger partial charge >= 0.3 is 0 Å². The van der Waals surface area contributed by atoms with Gasteiger partial charge in [0.05, 0.1) is 30.1 Å². The number of carbonyl (C=O) groups excluding carboxylic acids is 1. The largest absolute Gasteiger partial charge is 0.495 e. The van der Waals surface area contributed by atoms with Crippen LogP contribution < -0.4 is 9.04 Å². The van der Waals surface area contributed by atoms with Gasteiger partial charge in [-0.05, 0) is 24.6 Å². The molecule has 28 heavy (non-hydrogen) atoms. The Kier molecular flexibility index (Phi) is 5.23. The number of nitrogens with zero attached hydrogens (tertiary/aromatic N) is 2. The minimum Gasteiger partial charge on any atom is -0.495 e. The first kappa shape index (κ1) is 21.0. The molecule has 2 heterocycles. The van der Waals surface area contributed by atoms with E-state index in [4.69, 9.17) is 4.74 Å². The van der Waals surface area contributed by atoms with Crippen molar-refractivity contribution in [2.24, 2.45) is 0 Å². The predicted octanol–water partition coefficient (Wildman–Crippen LogP) is -0.431. The predicted molar refractivity (Wildman–Crippen MR) is 101 cm³/mol. The molecule has 2 aliphatic heterocycles. The van der Waals surface area contributed by atoms with Gasteiger partial charge in [0.1, 0.15) is 10.6 Å². The SMILES string of the molecule is COc1ccc(N2C(=O)CCS2(=O)=O)cc1S(=O)(=O)N(C)[C@@H]1CCS(=O)(=O)C1. The standard InChI is InChI=1S/C15H20N2O8S3/c1-16(12-5-7-26(19,20)10-12)28(23,24)14-9-11(3-4-13(14)25-2)17-15(18)6-8-27(17,21)22/h3-4,9,12H,5-8,10H2,1-2H3/t12-/m1/s1. The third-order valence-electron chi connectivity index (χ3n) is 4.84. The molecule has 3 rings (SSSR count). The lowest BCUT2D eigenvalue weighted by Gasteiger charge is -2.25. The van der Waals surface area contributed by atoms with E-state index in [9.17, 15) is 30.0 Å². The van der Waals surface area contributed by atoms with E-state index in [-0.39, 0.29) is 46.4 Å². The molecule has 0 saturated carbocycles. The van der Waals surface area contributed by atoms with E-state index >= 15 is 0 Å². The van der Waals surface area contributed by atoms with Crippen molar-refractivity contribution >= 4 is 41.5 Å². The molecule has 2 aliphatic rings. The molecule has 0 N–H and O–H groups in total. The number of hydrogen-bond acceptors (Lipinski definition) is 8. The van der Waals surface area contributed by atoms with E-state index in [1.54, 1.807) is 0 Å². The first-order chi connectivity index (χ1) is 12.9. The molecule has 0 spiro atoms. The molecule has 13 heteroatoms. The highest BCUT2D eigenvalue weighted by Gasteiger charge is 2.40. The van der Waals surface area contributed by atoms with E-state index < -0.39 is 41.8 Å². The summed E-state index contributed by atoms with van der Waals surface area (Å²) >= 11 is 0. The molecule has 10 nitrogen and oxygen atoms in total. The molecule has 0 aromatic heterocycles. The number of methoxy groups -OCH3 is 1. The maximum absolute atomic E-state index is 13.1. The van der Waals surface area contributed by atoms with Crippen LogP contribution in [-0.4, -0.2) is 72.9 Å². The van der Waals surface area contributed by atoms with Gasteiger partial charge in [0.25, 0.3) is 0 Å². The minimum atomic E-state index is -4.21. The lowest BCUT2D eigenvalue weighted by Crippen LogP contribution is -2.38. The van der Waals surface area contributed by atoms with E-state index in [1.807, 2.05) is 0 Å². The van der Waals surface area contributed by atoms with Crippen molar-refractivity contribution in [2.75, 3.05) is 35.7 Å². The van der Waals surface area contributed by atoms with E-state index in [0.717, 1.165) is 10.4 Å². The summed E-state index contributed by atoms with van der Waals surface area (Å²) in [6.07, 6.45) is -0.0185. The van der Waals surface area contributed by atoms with Gasteiger partial charge < -0.3 is 4.74 Å². The smallest absolute Gasteiger partial charge is 0.246 e. The molecule has 2 fully saturated rings. The van der Waals surface area contributed by atoms with Gasteiger partial charge in [-0.25, -0.2) is 29.6 Å². The Bertz CT molecular complexity index is 1130. The normalized spacial score (nSPS) is 24.0. The third-order valence-corrected chi connectivity index (χ3v) is 10.2. The van der Waals surface area contributed by atoms with Crippen LogP contribution >= 0.6 is 0 Å². The van der Waals surface area contributed by atoms with Crippen LogP contribution in [0.2, 0.25) is 0 Å². The molecule has 0 bridgehead atoms. The van der Waals surface area contributed by atoms with Crippen LogP contribution in [0.25, 0.3) is 0 Å². The van der Waals surface area contributed by atoms with Crippen molar-refractivity contribution in [1.29, 1.82) is 0 Å². The Morgan fingerprint density at radius 2 is 1.86 bits per heavy atom. The first-order valence-electron chi connectivity index (χ1n) is 8.31. The van der Waals surface area contributed by atoms with Gasteiger partial charge in [-0.2, -0.15) is 4.31 Å². The monoisotopic (exact) mass is 452 g/mol. The fourth-order valence-electron chi connectivity index (χ4n) is 3.28. The van der Waals surface area contributed by atoms with Crippen molar-refractivity contribution in [3.05, 3.63) is 18.2 Å². The Morgan fingerprint density at radius 3 is 2.36 bits per heavy atom. The van der Waals surface area contributed by atoms with Crippen molar-refractivity contribution in [3.63, 3.8) is 0 Å². The summed E-state index contributed by atoms with van der Waals surface area (Å²) in [7, 11) is -8.87. The van der Waals surface area contributed by atoms with Gasteiger partial charge in [-0.1, -0.05) is 0 Å². The zero-order valence-corrected chi connectivity index (χ0v) is 17.7. The van der Waals surface area contributed by atoms with E-state index in [1.165, 1.54) is 26.3 Å². The van der Waals surface area contributed by atoms with Gasteiger partial charge in [0.15, 0.2) is 9.84 Å². The zero-order valence-electron chi connectivity index (χ0n) is 15.2. The second-order valence-electron chi connectivity index (χ2n) is 6.64. The van der Waals surface area contributed by atoms with Crippen LogP contribution in [0.1, 0.15) is 12.8 Å². The highest BCUT2D eigenvalue weighted by Crippen LogP contribution is 2.35. The molecule has 1 atom stereocenters. The summed E-state index contributed by atoms with van der Waals surface area (Å²) < 4.78 is 80.6. The second-order valence-corrected chi connectivity index (χ2v) is 12.8. The lowest BCUT2D eigenvalue weighted by molar-refractivity contribution is -0.116. The van der Waals surface area contributed by atoms with Crippen LogP contribution in [0.3, 0.4) is 0 Å². The Hall–Kier alpha value is -1.70. The fourth-order valence-corrected chi connectivity index (χ4v) is 8.15. The maximum Gasteiger partial charge on any atom is 0.246 e. The molecule has 0 radical (unpaired) electrons. The lowest BCUT2D eigenvalue weighted by atomic mass is 10.3. The number of amides is 1. The van der Waals surface area contributed by atoms with Crippen LogP contribution in [0.15, 0.2) is 23.1 Å². The van der Waals surface area contributed by atoms with E-state index in [2.05, 4.69) is 0 Å². The summed E-state index contributed by atoms with van der Waals surface area (Å²) in [4.78, 5) is 11.7. The number of carbonyl (C=O) groups is 1. The minimum absolute atomic E-state index is 0.0412. The Balaban J connectivity index is 2.06. The van der Waals surface area contributed by atoms with Crippen LogP contribution in [0, 0.1) is 0 Å². The quantitative estimate of drug-likeness (QED) is 0.587. The molecule has 0 aliphatic carbocycles. The average molecular weight is 453 g/mol. The highest BCUT2D eigenvalue weighted by molar-refractivity contribution is 7.94. The van der Waals surface area contributed by atoms with Gasteiger partial charge in [0, 0.05) is 19.5 Å². The number of hydrogen-bond donors (Lipinski definition) is 0. The van der Waals surface area contributed by atoms with Crippen molar-refractivity contribution in [1.82, 2.24) is 4.31 Å². The average Bonchev–Trinajstić information content (AvgIpc) is 3.11. The summed E-state index contributed by atoms with van der Waals surface area (Å²) in [6, 6.07) is 2.89. The first-order valence-corrected chi connectivity index (χ1v) is 13.2. The molecular weight excluding hydrogens is 432 g/mol.